The number of rotatable bonds is 6. The number of morpholine rings is 1. The van der Waals surface area contributed by atoms with E-state index < -0.39 is 0 Å². The standard InChI is InChI=1S/C20H34N4O.HI/c1-19(2,17-9-7-6-8-10-17)15-22-18(21-5)23-16-20(3,4)24-11-13-25-14-12-24;/h6-10H,11-16H2,1-5H3,(H2,21,22,23);1H. The molecule has 1 aliphatic rings. The molecule has 5 nitrogen and oxygen atoms in total. The molecule has 1 aromatic carbocycles. The molecule has 0 saturated carbocycles. The third kappa shape index (κ3) is 6.70. The summed E-state index contributed by atoms with van der Waals surface area (Å²) in [5.41, 5.74) is 1.43. The highest BCUT2D eigenvalue weighted by atomic mass is 127. The first kappa shape index (κ1) is 23.2. The van der Waals surface area contributed by atoms with Crippen molar-refractivity contribution in [2.24, 2.45) is 4.99 Å². The van der Waals surface area contributed by atoms with Crippen LogP contribution in [0.1, 0.15) is 33.3 Å². The Labute approximate surface area is 176 Å². The molecule has 6 heteroatoms. The van der Waals surface area contributed by atoms with E-state index in [-0.39, 0.29) is 34.9 Å². The SMILES string of the molecule is CN=C(NCC(C)(C)c1ccccc1)NCC(C)(C)N1CCOCC1.I. The summed E-state index contributed by atoms with van der Waals surface area (Å²) in [5.74, 6) is 0.852. The summed E-state index contributed by atoms with van der Waals surface area (Å²) in [4.78, 5) is 6.86. The van der Waals surface area contributed by atoms with Gasteiger partial charge in [0, 0.05) is 44.2 Å². The van der Waals surface area contributed by atoms with Crippen molar-refractivity contribution in [3.63, 3.8) is 0 Å². The van der Waals surface area contributed by atoms with Gasteiger partial charge in [0.2, 0.25) is 0 Å². The lowest BCUT2D eigenvalue weighted by Gasteiger charge is -2.41. The Balaban J connectivity index is 0.00000338. The normalized spacial score (nSPS) is 16.7. The molecule has 0 amide bonds. The molecule has 1 aromatic rings. The summed E-state index contributed by atoms with van der Waals surface area (Å²) in [7, 11) is 1.83. The summed E-state index contributed by atoms with van der Waals surface area (Å²) in [6.07, 6.45) is 0. The zero-order valence-electron chi connectivity index (χ0n) is 16.8. The molecule has 0 radical (unpaired) electrons. The molecule has 26 heavy (non-hydrogen) atoms. The monoisotopic (exact) mass is 474 g/mol. The predicted octanol–water partition coefficient (Wildman–Crippen LogP) is 2.86. The van der Waals surface area contributed by atoms with Crippen molar-refractivity contribution in [1.29, 1.82) is 0 Å². The number of hydrogen-bond donors (Lipinski definition) is 2. The van der Waals surface area contributed by atoms with Crippen LogP contribution in [0.4, 0.5) is 0 Å². The Morgan fingerprint density at radius 1 is 1.04 bits per heavy atom. The van der Waals surface area contributed by atoms with Crippen LogP contribution >= 0.6 is 24.0 Å². The molecule has 2 rings (SSSR count). The molecule has 0 atom stereocenters. The first-order chi connectivity index (χ1) is 11.8. The molecular weight excluding hydrogens is 439 g/mol. The molecule has 0 unspecified atom stereocenters. The third-order valence-corrected chi connectivity index (χ3v) is 5.03. The van der Waals surface area contributed by atoms with Gasteiger partial charge in [-0.25, -0.2) is 0 Å². The highest BCUT2D eigenvalue weighted by Gasteiger charge is 2.28. The van der Waals surface area contributed by atoms with Gasteiger partial charge in [0.1, 0.15) is 0 Å². The van der Waals surface area contributed by atoms with Crippen LogP contribution in [0.2, 0.25) is 0 Å². The van der Waals surface area contributed by atoms with E-state index in [1.807, 2.05) is 7.05 Å². The Morgan fingerprint density at radius 2 is 1.62 bits per heavy atom. The summed E-state index contributed by atoms with van der Waals surface area (Å²) in [6, 6.07) is 10.6. The van der Waals surface area contributed by atoms with Crippen molar-refractivity contribution in [3.05, 3.63) is 35.9 Å². The second-order valence-electron chi connectivity index (χ2n) is 7.94. The average molecular weight is 474 g/mol. The number of hydrogen-bond acceptors (Lipinski definition) is 3. The Bertz CT molecular complexity index is 554. The van der Waals surface area contributed by atoms with Crippen LogP contribution in [0.15, 0.2) is 35.3 Å². The lowest BCUT2D eigenvalue weighted by molar-refractivity contribution is -0.00834. The van der Waals surface area contributed by atoms with Crippen molar-refractivity contribution in [2.75, 3.05) is 46.4 Å². The molecule has 1 aliphatic heterocycles. The third-order valence-electron chi connectivity index (χ3n) is 5.03. The molecule has 0 bridgehead atoms. The molecule has 1 saturated heterocycles. The van der Waals surface area contributed by atoms with E-state index in [0.29, 0.717) is 0 Å². The largest absolute Gasteiger partial charge is 0.379 e. The van der Waals surface area contributed by atoms with E-state index in [4.69, 9.17) is 4.74 Å². The number of aliphatic imine (C=N–C) groups is 1. The zero-order chi connectivity index (χ0) is 18.3. The fraction of sp³-hybridized carbons (Fsp3) is 0.650. The maximum absolute atomic E-state index is 5.46. The van der Waals surface area contributed by atoms with E-state index in [0.717, 1.165) is 45.4 Å². The van der Waals surface area contributed by atoms with Gasteiger partial charge in [-0.1, -0.05) is 44.2 Å². The van der Waals surface area contributed by atoms with Crippen LogP contribution in [0.25, 0.3) is 0 Å². The van der Waals surface area contributed by atoms with Crippen LogP contribution in [0.3, 0.4) is 0 Å². The Morgan fingerprint density at radius 3 is 2.19 bits per heavy atom. The van der Waals surface area contributed by atoms with E-state index in [1.165, 1.54) is 5.56 Å². The Kier molecular flexibility index (Phi) is 9.33. The summed E-state index contributed by atoms with van der Waals surface area (Å²) < 4.78 is 5.46. The maximum atomic E-state index is 5.46. The van der Waals surface area contributed by atoms with Crippen LogP contribution in [0, 0.1) is 0 Å². The van der Waals surface area contributed by atoms with E-state index in [1.54, 1.807) is 0 Å². The molecule has 148 valence electrons. The smallest absolute Gasteiger partial charge is 0.191 e. The van der Waals surface area contributed by atoms with E-state index in [9.17, 15) is 0 Å². The Hall–Kier alpha value is -0.860. The van der Waals surface area contributed by atoms with Crippen molar-refractivity contribution < 1.29 is 4.74 Å². The molecule has 1 fully saturated rings. The molecule has 0 aliphatic carbocycles. The number of halogens is 1. The van der Waals surface area contributed by atoms with E-state index >= 15 is 0 Å². The predicted molar refractivity (Wildman–Crippen MR) is 121 cm³/mol. The van der Waals surface area contributed by atoms with Gasteiger partial charge in [0.15, 0.2) is 5.96 Å². The minimum absolute atomic E-state index is 0. The van der Waals surface area contributed by atoms with Crippen LogP contribution in [-0.2, 0) is 10.2 Å². The lowest BCUT2D eigenvalue weighted by Crippen LogP contribution is -2.57. The second kappa shape index (κ2) is 10.5. The van der Waals surface area contributed by atoms with Gasteiger partial charge in [0.25, 0.3) is 0 Å². The van der Waals surface area contributed by atoms with Gasteiger partial charge >= 0.3 is 0 Å². The minimum atomic E-state index is 0. The molecule has 2 N–H and O–H groups in total. The zero-order valence-corrected chi connectivity index (χ0v) is 19.2. The van der Waals surface area contributed by atoms with Crippen molar-refractivity contribution in [1.82, 2.24) is 15.5 Å². The lowest BCUT2D eigenvalue weighted by atomic mass is 9.85. The first-order valence-corrected chi connectivity index (χ1v) is 9.18. The first-order valence-electron chi connectivity index (χ1n) is 9.18. The highest BCUT2D eigenvalue weighted by Crippen LogP contribution is 2.21. The van der Waals surface area contributed by atoms with Gasteiger partial charge in [-0.2, -0.15) is 0 Å². The second-order valence-corrected chi connectivity index (χ2v) is 7.94. The van der Waals surface area contributed by atoms with Gasteiger partial charge in [-0.15, -0.1) is 24.0 Å². The van der Waals surface area contributed by atoms with Crippen LogP contribution in [-0.4, -0.2) is 62.8 Å². The van der Waals surface area contributed by atoms with Crippen LogP contribution in [0.5, 0.6) is 0 Å². The fourth-order valence-corrected chi connectivity index (χ4v) is 3.10. The fourth-order valence-electron chi connectivity index (χ4n) is 3.10. The van der Waals surface area contributed by atoms with Gasteiger partial charge < -0.3 is 15.4 Å². The molecule has 0 spiro atoms. The van der Waals surface area contributed by atoms with Crippen LogP contribution < -0.4 is 10.6 Å². The number of nitrogens with zero attached hydrogens (tertiary/aromatic N) is 2. The number of guanidine groups is 1. The molecule has 0 aromatic heterocycles. The average Bonchev–Trinajstić information content (AvgIpc) is 2.63. The summed E-state index contributed by atoms with van der Waals surface area (Å²) in [5, 5.41) is 6.97. The van der Waals surface area contributed by atoms with Gasteiger partial charge in [0.05, 0.1) is 13.2 Å². The van der Waals surface area contributed by atoms with Gasteiger partial charge in [-0.05, 0) is 19.4 Å². The highest BCUT2D eigenvalue weighted by molar-refractivity contribution is 14.0. The van der Waals surface area contributed by atoms with Crippen molar-refractivity contribution >= 4 is 29.9 Å². The number of nitrogens with one attached hydrogen (secondary N) is 2. The maximum Gasteiger partial charge on any atom is 0.191 e. The van der Waals surface area contributed by atoms with Crippen molar-refractivity contribution in [2.45, 2.75) is 38.6 Å². The number of benzene rings is 1. The van der Waals surface area contributed by atoms with Crippen molar-refractivity contribution in [3.8, 4) is 0 Å². The summed E-state index contributed by atoms with van der Waals surface area (Å²) >= 11 is 0. The topological polar surface area (TPSA) is 48.9 Å². The van der Waals surface area contributed by atoms with E-state index in [2.05, 4.69) is 78.6 Å². The molecular formula is C20H35IN4O. The molecule has 1 heterocycles. The summed E-state index contributed by atoms with van der Waals surface area (Å²) in [6.45, 7) is 14.3. The minimum Gasteiger partial charge on any atom is -0.379 e. The number of ether oxygens (including phenoxy) is 1. The quantitative estimate of drug-likeness (QED) is 0.378. The van der Waals surface area contributed by atoms with Gasteiger partial charge in [-0.3, -0.25) is 9.89 Å².